The fourth-order valence-corrected chi connectivity index (χ4v) is 1.45. The summed E-state index contributed by atoms with van der Waals surface area (Å²) in [4.78, 5) is 21.7. The van der Waals surface area contributed by atoms with Crippen LogP contribution in [0.5, 0.6) is 0 Å². The van der Waals surface area contributed by atoms with E-state index in [-0.39, 0.29) is 19.4 Å². The number of hydrogen-bond acceptors (Lipinski definition) is 2. The molecule has 0 aliphatic carbocycles. The quantitative estimate of drug-likeness (QED) is 0.572. The molecule has 5 nitrogen and oxygen atoms in total. The van der Waals surface area contributed by atoms with Crippen LogP contribution >= 0.6 is 0 Å². The van der Waals surface area contributed by atoms with E-state index in [1.807, 2.05) is 0 Å². The lowest BCUT2D eigenvalue weighted by molar-refractivity contribution is -0.141. The Balaban J connectivity index is 3.44. The second-order valence-electron chi connectivity index (χ2n) is 4.64. The standard InChI is InChI=1S/C12H21F3N2O3/c1-9(10(18)19)5-4-8-17-11(20)16-7-3-2-6-12(13,14)15/h9H,2-8H2,1H3,(H,18,19)(H2,16,17,20). The van der Waals surface area contributed by atoms with E-state index in [0.717, 1.165) is 0 Å². The van der Waals surface area contributed by atoms with Crippen molar-refractivity contribution >= 4 is 12.0 Å². The van der Waals surface area contributed by atoms with Crippen molar-refractivity contribution < 1.29 is 27.9 Å². The first-order chi connectivity index (χ1) is 9.22. The number of amides is 2. The number of rotatable bonds is 9. The van der Waals surface area contributed by atoms with E-state index in [4.69, 9.17) is 5.11 Å². The molecule has 0 radical (unpaired) electrons. The van der Waals surface area contributed by atoms with Gasteiger partial charge in [0.05, 0.1) is 5.92 Å². The van der Waals surface area contributed by atoms with Crippen molar-refractivity contribution in [2.45, 2.75) is 45.2 Å². The monoisotopic (exact) mass is 298 g/mol. The summed E-state index contributed by atoms with van der Waals surface area (Å²) in [6, 6.07) is -0.444. The highest BCUT2D eigenvalue weighted by Crippen LogP contribution is 2.21. The molecule has 0 heterocycles. The maximum Gasteiger partial charge on any atom is 0.389 e. The number of alkyl halides is 3. The second kappa shape index (κ2) is 9.44. The molecule has 0 saturated heterocycles. The van der Waals surface area contributed by atoms with Crippen molar-refractivity contribution in [3.8, 4) is 0 Å². The van der Waals surface area contributed by atoms with Gasteiger partial charge < -0.3 is 15.7 Å². The summed E-state index contributed by atoms with van der Waals surface area (Å²) in [5.41, 5.74) is 0. The van der Waals surface area contributed by atoms with Gasteiger partial charge in [-0.3, -0.25) is 4.79 Å². The summed E-state index contributed by atoms with van der Waals surface area (Å²) >= 11 is 0. The van der Waals surface area contributed by atoms with Crippen LogP contribution in [-0.2, 0) is 4.79 Å². The normalized spacial score (nSPS) is 12.8. The van der Waals surface area contributed by atoms with E-state index < -0.39 is 30.5 Å². The Morgan fingerprint density at radius 2 is 1.65 bits per heavy atom. The van der Waals surface area contributed by atoms with Gasteiger partial charge >= 0.3 is 18.2 Å². The first-order valence-electron chi connectivity index (χ1n) is 6.53. The van der Waals surface area contributed by atoms with Crippen molar-refractivity contribution in [3.05, 3.63) is 0 Å². The maximum absolute atomic E-state index is 11.8. The van der Waals surface area contributed by atoms with E-state index in [9.17, 15) is 22.8 Å². The fraction of sp³-hybridized carbons (Fsp3) is 0.833. The SMILES string of the molecule is CC(CCCNC(=O)NCCCCC(F)(F)F)C(=O)O. The zero-order valence-electron chi connectivity index (χ0n) is 11.4. The van der Waals surface area contributed by atoms with E-state index in [1.54, 1.807) is 6.92 Å². The average molecular weight is 298 g/mol. The van der Waals surface area contributed by atoms with Crippen LogP contribution in [-0.4, -0.2) is 36.4 Å². The summed E-state index contributed by atoms with van der Waals surface area (Å²) in [5.74, 6) is -1.33. The Hall–Kier alpha value is -1.47. The molecule has 0 saturated carbocycles. The van der Waals surface area contributed by atoms with Crippen molar-refractivity contribution in [2.75, 3.05) is 13.1 Å². The second-order valence-corrected chi connectivity index (χ2v) is 4.64. The lowest BCUT2D eigenvalue weighted by atomic mass is 10.1. The molecule has 0 bridgehead atoms. The molecule has 3 N–H and O–H groups in total. The maximum atomic E-state index is 11.8. The van der Waals surface area contributed by atoms with Crippen LogP contribution < -0.4 is 10.6 Å². The molecule has 20 heavy (non-hydrogen) atoms. The third-order valence-corrected chi connectivity index (χ3v) is 2.69. The van der Waals surface area contributed by atoms with Crippen LogP contribution in [0.2, 0.25) is 0 Å². The molecule has 118 valence electrons. The number of nitrogens with one attached hydrogen (secondary N) is 2. The van der Waals surface area contributed by atoms with Crippen LogP contribution in [0.3, 0.4) is 0 Å². The topological polar surface area (TPSA) is 78.4 Å². The van der Waals surface area contributed by atoms with Crippen molar-refractivity contribution in [3.63, 3.8) is 0 Å². The number of aliphatic carboxylic acids is 1. The highest BCUT2D eigenvalue weighted by atomic mass is 19.4. The van der Waals surface area contributed by atoms with Crippen LogP contribution in [0.1, 0.15) is 39.0 Å². The van der Waals surface area contributed by atoms with Gasteiger partial charge in [-0.05, 0) is 25.7 Å². The smallest absolute Gasteiger partial charge is 0.389 e. The van der Waals surface area contributed by atoms with Gasteiger partial charge in [0.2, 0.25) is 0 Å². The number of carbonyl (C=O) groups is 2. The number of carboxylic acid groups (broad SMARTS) is 1. The number of halogens is 3. The van der Waals surface area contributed by atoms with Gasteiger partial charge in [-0.1, -0.05) is 6.92 Å². The fourth-order valence-electron chi connectivity index (χ4n) is 1.45. The van der Waals surface area contributed by atoms with Gasteiger partial charge in [-0.2, -0.15) is 13.2 Å². The van der Waals surface area contributed by atoms with Crippen molar-refractivity contribution in [2.24, 2.45) is 5.92 Å². The Morgan fingerprint density at radius 1 is 1.10 bits per heavy atom. The minimum Gasteiger partial charge on any atom is -0.481 e. The number of hydrogen-bond donors (Lipinski definition) is 3. The zero-order valence-corrected chi connectivity index (χ0v) is 11.4. The Kier molecular flexibility index (Phi) is 8.74. The Morgan fingerprint density at radius 3 is 2.15 bits per heavy atom. The molecular weight excluding hydrogens is 277 g/mol. The summed E-state index contributed by atoms with van der Waals surface area (Å²) < 4.78 is 35.5. The first-order valence-corrected chi connectivity index (χ1v) is 6.53. The largest absolute Gasteiger partial charge is 0.481 e. The molecule has 0 aromatic rings. The highest BCUT2D eigenvalue weighted by molar-refractivity contribution is 5.73. The number of unbranched alkanes of at least 4 members (excludes halogenated alkanes) is 1. The van der Waals surface area contributed by atoms with Gasteiger partial charge in [-0.15, -0.1) is 0 Å². The third kappa shape index (κ3) is 11.6. The van der Waals surface area contributed by atoms with Crippen molar-refractivity contribution in [1.29, 1.82) is 0 Å². The van der Waals surface area contributed by atoms with Gasteiger partial charge in [0.25, 0.3) is 0 Å². The molecule has 2 amide bonds. The molecule has 1 atom stereocenters. The number of urea groups is 1. The molecule has 0 aromatic heterocycles. The minimum absolute atomic E-state index is 0.0140. The predicted molar refractivity (Wildman–Crippen MR) is 67.3 cm³/mol. The minimum atomic E-state index is -4.15. The van der Waals surface area contributed by atoms with Crippen LogP contribution in [0.15, 0.2) is 0 Å². The molecule has 0 spiro atoms. The summed E-state index contributed by atoms with van der Waals surface area (Å²) in [6.45, 7) is 2.11. The number of carbonyl (C=O) groups excluding carboxylic acids is 1. The van der Waals surface area contributed by atoms with Gasteiger partial charge in [0.15, 0.2) is 0 Å². The van der Waals surface area contributed by atoms with Gasteiger partial charge in [-0.25, -0.2) is 4.79 Å². The van der Waals surface area contributed by atoms with Crippen LogP contribution in [0.25, 0.3) is 0 Å². The number of carboxylic acids is 1. The summed E-state index contributed by atoms with van der Waals surface area (Å²) in [5, 5.41) is 13.6. The predicted octanol–water partition coefficient (Wildman–Crippen LogP) is 2.52. The van der Waals surface area contributed by atoms with E-state index >= 15 is 0 Å². The van der Waals surface area contributed by atoms with E-state index in [2.05, 4.69) is 10.6 Å². The van der Waals surface area contributed by atoms with E-state index in [1.165, 1.54) is 0 Å². The molecule has 0 aliphatic rings. The highest BCUT2D eigenvalue weighted by Gasteiger charge is 2.25. The van der Waals surface area contributed by atoms with Gasteiger partial charge in [0.1, 0.15) is 0 Å². The Bertz CT molecular complexity index is 309. The lowest BCUT2D eigenvalue weighted by Gasteiger charge is -2.09. The summed E-state index contributed by atoms with van der Waals surface area (Å²) in [6.07, 6.45) is -3.74. The Labute approximate surface area is 115 Å². The molecule has 0 aliphatic heterocycles. The molecule has 1 unspecified atom stereocenters. The summed E-state index contributed by atoms with van der Waals surface area (Å²) in [7, 11) is 0. The molecule has 8 heteroatoms. The molecule has 0 rings (SSSR count). The zero-order chi connectivity index (χ0) is 15.6. The molecule has 0 fully saturated rings. The first kappa shape index (κ1) is 18.5. The van der Waals surface area contributed by atoms with Crippen LogP contribution in [0.4, 0.5) is 18.0 Å². The lowest BCUT2D eigenvalue weighted by Crippen LogP contribution is -2.36. The average Bonchev–Trinajstić information content (AvgIpc) is 2.32. The van der Waals surface area contributed by atoms with E-state index in [0.29, 0.717) is 19.4 Å². The van der Waals surface area contributed by atoms with Gasteiger partial charge in [0, 0.05) is 19.5 Å². The van der Waals surface area contributed by atoms with Crippen LogP contribution in [0, 0.1) is 5.92 Å². The molecule has 0 aromatic carbocycles. The molecular formula is C12H21F3N2O3. The third-order valence-electron chi connectivity index (χ3n) is 2.69. The van der Waals surface area contributed by atoms with Crippen molar-refractivity contribution in [1.82, 2.24) is 10.6 Å².